The van der Waals surface area contributed by atoms with Gasteiger partial charge in [-0.1, -0.05) is 32.0 Å². The van der Waals surface area contributed by atoms with Crippen LogP contribution < -0.4 is 10.6 Å². The Morgan fingerprint density at radius 3 is 2.50 bits per heavy atom. The number of urea groups is 1. The molecule has 1 aromatic rings. The first-order valence-corrected chi connectivity index (χ1v) is 9.22. The molecule has 0 aliphatic carbocycles. The summed E-state index contributed by atoms with van der Waals surface area (Å²) in [7, 11) is 0. The molecule has 28 heavy (non-hydrogen) atoms. The number of para-hydroxylation sites is 1. The fraction of sp³-hybridized carbons (Fsp3) is 0.500. The van der Waals surface area contributed by atoms with Crippen molar-refractivity contribution in [2.45, 2.75) is 52.5 Å². The van der Waals surface area contributed by atoms with Gasteiger partial charge in [0, 0.05) is 12.2 Å². The topological polar surface area (TPSA) is 105 Å². The standard InChI is InChI=1S/C20H27N3O5/c1-12(2)14-8-6-7-13(3)17(14)21-15(24)11-28-16(25)9-10-23-18(26)20(4,5)22-19(23)27/h6-8,12H,9-11H2,1-5H3,(H,21,24)(H,22,27). The number of anilines is 1. The quantitative estimate of drug-likeness (QED) is 0.550. The molecule has 1 saturated heterocycles. The molecule has 2 rings (SSSR count). The number of ether oxygens (including phenoxy) is 1. The van der Waals surface area contributed by atoms with Gasteiger partial charge < -0.3 is 15.4 Å². The van der Waals surface area contributed by atoms with Crippen molar-refractivity contribution >= 4 is 29.5 Å². The Bertz CT molecular complexity index is 801. The monoisotopic (exact) mass is 389 g/mol. The Labute approximate surface area is 164 Å². The second-order valence-electron chi connectivity index (χ2n) is 7.66. The number of benzene rings is 1. The smallest absolute Gasteiger partial charge is 0.325 e. The highest BCUT2D eigenvalue weighted by molar-refractivity contribution is 6.06. The lowest BCUT2D eigenvalue weighted by Crippen LogP contribution is -2.40. The van der Waals surface area contributed by atoms with Crippen molar-refractivity contribution < 1.29 is 23.9 Å². The van der Waals surface area contributed by atoms with Gasteiger partial charge in [-0.3, -0.25) is 19.3 Å². The molecular formula is C20H27N3O5. The fourth-order valence-corrected chi connectivity index (χ4v) is 2.96. The number of nitrogens with one attached hydrogen (secondary N) is 2. The third-order valence-electron chi connectivity index (χ3n) is 4.54. The molecule has 0 aromatic heterocycles. The van der Waals surface area contributed by atoms with E-state index >= 15 is 0 Å². The molecule has 0 radical (unpaired) electrons. The van der Waals surface area contributed by atoms with Gasteiger partial charge in [0.25, 0.3) is 11.8 Å². The Hall–Kier alpha value is -2.90. The van der Waals surface area contributed by atoms with Gasteiger partial charge >= 0.3 is 12.0 Å². The zero-order valence-corrected chi connectivity index (χ0v) is 16.9. The maximum atomic E-state index is 12.2. The van der Waals surface area contributed by atoms with Crippen molar-refractivity contribution in [1.82, 2.24) is 10.2 Å². The minimum absolute atomic E-state index is 0.0934. The summed E-state index contributed by atoms with van der Waals surface area (Å²) in [4.78, 5) is 48.9. The highest BCUT2D eigenvalue weighted by Gasteiger charge is 2.44. The normalized spacial score (nSPS) is 15.6. The number of hydrogen-bond acceptors (Lipinski definition) is 5. The van der Waals surface area contributed by atoms with Crippen LogP contribution in [0, 0.1) is 6.92 Å². The van der Waals surface area contributed by atoms with E-state index in [2.05, 4.69) is 10.6 Å². The van der Waals surface area contributed by atoms with E-state index in [-0.39, 0.29) is 18.9 Å². The molecule has 0 saturated carbocycles. The van der Waals surface area contributed by atoms with Crippen molar-refractivity contribution in [3.8, 4) is 0 Å². The van der Waals surface area contributed by atoms with Crippen molar-refractivity contribution in [2.75, 3.05) is 18.5 Å². The zero-order valence-electron chi connectivity index (χ0n) is 16.9. The van der Waals surface area contributed by atoms with Gasteiger partial charge in [0.1, 0.15) is 5.54 Å². The maximum Gasteiger partial charge on any atom is 0.325 e. The molecule has 8 nitrogen and oxygen atoms in total. The van der Waals surface area contributed by atoms with Crippen LogP contribution in [0.25, 0.3) is 0 Å². The Morgan fingerprint density at radius 1 is 1.25 bits per heavy atom. The molecule has 152 valence electrons. The number of carbonyl (C=O) groups excluding carboxylic acids is 4. The largest absolute Gasteiger partial charge is 0.456 e. The highest BCUT2D eigenvalue weighted by Crippen LogP contribution is 2.27. The number of esters is 1. The van der Waals surface area contributed by atoms with Crippen LogP contribution in [-0.4, -0.2) is 47.4 Å². The van der Waals surface area contributed by atoms with Gasteiger partial charge in [0.15, 0.2) is 6.61 Å². The lowest BCUT2D eigenvalue weighted by Gasteiger charge is -2.17. The van der Waals surface area contributed by atoms with Crippen LogP contribution in [0.4, 0.5) is 10.5 Å². The van der Waals surface area contributed by atoms with E-state index in [1.54, 1.807) is 13.8 Å². The average molecular weight is 389 g/mol. The lowest BCUT2D eigenvalue weighted by atomic mass is 9.98. The first-order chi connectivity index (χ1) is 13.0. The third kappa shape index (κ3) is 4.88. The number of amides is 4. The number of rotatable bonds is 7. The summed E-state index contributed by atoms with van der Waals surface area (Å²) in [5, 5.41) is 5.33. The molecule has 0 spiro atoms. The van der Waals surface area contributed by atoms with E-state index < -0.39 is 36.0 Å². The lowest BCUT2D eigenvalue weighted by molar-refractivity contribution is -0.147. The van der Waals surface area contributed by atoms with Crippen LogP contribution in [-0.2, 0) is 19.1 Å². The number of carbonyl (C=O) groups is 4. The molecule has 2 N–H and O–H groups in total. The van der Waals surface area contributed by atoms with Crippen LogP contribution in [0.5, 0.6) is 0 Å². The first kappa shape index (κ1) is 21.4. The van der Waals surface area contributed by atoms with E-state index in [1.807, 2.05) is 39.0 Å². The van der Waals surface area contributed by atoms with Crippen molar-refractivity contribution in [2.24, 2.45) is 0 Å². The molecule has 1 aliphatic rings. The maximum absolute atomic E-state index is 12.2. The Kier molecular flexibility index (Phi) is 6.43. The van der Waals surface area contributed by atoms with Gasteiger partial charge in [-0.15, -0.1) is 0 Å². The van der Waals surface area contributed by atoms with Crippen molar-refractivity contribution in [3.05, 3.63) is 29.3 Å². The van der Waals surface area contributed by atoms with Gasteiger partial charge in [-0.05, 0) is 37.8 Å². The molecular weight excluding hydrogens is 362 g/mol. The summed E-state index contributed by atoms with van der Waals surface area (Å²) in [6, 6.07) is 5.23. The SMILES string of the molecule is Cc1cccc(C(C)C)c1NC(=O)COC(=O)CCN1C(=O)NC(C)(C)C1=O. The summed E-state index contributed by atoms with van der Waals surface area (Å²) in [5.41, 5.74) is 1.66. The second-order valence-corrected chi connectivity index (χ2v) is 7.66. The van der Waals surface area contributed by atoms with Crippen LogP contribution in [0.15, 0.2) is 18.2 Å². The molecule has 0 atom stereocenters. The third-order valence-corrected chi connectivity index (χ3v) is 4.54. The highest BCUT2D eigenvalue weighted by atomic mass is 16.5. The predicted molar refractivity (Wildman–Crippen MR) is 104 cm³/mol. The predicted octanol–water partition coefficient (Wildman–Crippen LogP) is 2.32. The van der Waals surface area contributed by atoms with Crippen molar-refractivity contribution in [1.29, 1.82) is 0 Å². The van der Waals surface area contributed by atoms with E-state index in [4.69, 9.17) is 4.74 Å². The Morgan fingerprint density at radius 2 is 1.93 bits per heavy atom. The summed E-state index contributed by atoms with van der Waals surface area (Å²) < 4.78 is 4.98. The number of aryl methyl sites for hydroxylation is 1. The molecule has 1 fully saturated rings. The van der Waals surface area contributed by atoms with Crippen LogP contribution >= 0.6 is 0 Å². The van der Waals surface area contributed by atoms with Gasteiger partial charge in [0.05, 0.1) is 6.42 Å². The minimum atomic E-state index is -0.984. The van der Waals surface area contributed by atoms with E-state index in [9.17, 15) is 19.2 Å². The minimum Gasteiger partial charge on any atom is -0.456 e. The average Bonchev–Trinajstić information content (AvgIpc) is 2.80. The van der Waals surface area contributed by atoms with E-state index in [0.717, 1.165) is 21.7 Å². The molecule has 0 bridgehead atoms. The molecule has 1 aromatic carbocycles. The van der Waals surface area contributed by atoms with E-state index in [0.29, 0.717) is 0 Å². The second kappa shape index (κ2) is 8.41. The molecule has 0 unspecified atom stereocenters. The van der Waals surface area contributed by atoms with Gasteiger partial charge in [-0.2, -0.15) is 0 Å². The summed E-state index contributed by atoms with van der Waals surface area (Å²) >= 11 is 0. The summed E-state index contributed by atoms with van der Waals surface area (Å²) in [5.74, 6) is -1.27. The molecule has 1 aliphatic heterocycles. The Balaban J connectivity index is 1.85. The summed E-state index contributed by atoms with van der Waals surface area (Å²) in [6.07, 6.45) is -0.176. The van der Waals surface area contributed by atoms with E-state index in [1.165, 1.54) is 0 Å². The number of imide groups is 1. The zero-order chi connectivity index (χ0) is 21.1. The van der Waals surface area contributed by atoms with Crippen LogP contribution in [0.2, 0.25) is 0 Å². The van der Waals surface area contributed by atoms with Crippen molar-refractivity contribution in [3.63, 3.8) is 0 Å². The molecule has 4 amide bonds. The van der Waals surface area contributed by atoms with Crippen LogP contribution in [0.1, 0.15) is 51.2 Å². The molecule has 1 heterocycles. The van der Waals surface area contributed by atoms with Gasteiger partial charge in [0.2, 0.25) is 0 Å². The fourth-order valence-electron chi connectivity index (χ4n) is 2.96. The number of nitrogens with zero attached hydrogens (tertiary/aromatic N) is 1. The summed E-state index contributed by atoms with van der Waals surface area (Å²) in [6.45, 7) is 8.61. The van der Waals surface area contributed by atoms with Gasteiger partial charge in [-0.25, -0.2) is 4.79 Å². The molecule has 8 heteroatoms. The first-order valence-electron chi connectivity index (χ1n) is 9.22. The van der Waals surface area contributed by atoms with Crippen LogP contribution in [0.3, 0.4) is 0 Å². The number of hydrogen-bond donors (Lipinski definition) is 2.